The van der Waals surface area contributed by atoms with Gasteiger partial charge >= 0.3 is 0 Å². The van der Waals surface area contributed by atoms with Crippen molar-refractivity contribution in [3.8, 4) is 0 Å². The number of Topliss-reactive ketones (excluding diaryl/α,β-unsaturated/α-hetero) is 1. The monoisotopic (exact) mass is 181 g/mol. The van der Waals surface area contributed by atoms with Crippen LogP contribution in [-0.4, -0.2) is 11.4 Å². The van der Waals surface area contributed by atoms with Crippen LogP contribution >= 0.6 is 0 Å². The summed E-state index contributed by atoms with van der Waals surface area (Å²) in [7, 11) is 0. The van der Waals surface area contributed by atoms with Crippen LogP contribution < -0.4 is 5.90 Å². The predicted molar refractivity (Wildman–Crippen MR) is 46.6 cm³/mol. The van der Waals surface area contributed by atoms with Crippen molar-refractivity contribution in [1.82, 2.24) is 0 Å². The van der Waals surface area contributed by atoms with Crippen LogP contribution in [0.25, 0.3) is 0 Å². The Morgan fingerprint density at radius 2 is 1.85 bits per heavy atom. The molecule has 0 heterocycles. The molecule has 2 unspecified atom stereocenters. The lowest BCUT2D eigenvalue weighted by molar-refractivity contribution is -0.177. The second-order valence-corrected chi connectivity index (χ2v) is 5.05. The lowest BCUT2D eigenvalue weighted by Gasteiger charge is -2.54. The van der Waals surface area contributed by atoms with Gasteiger partial charge in [0.25, 0.3) is 0 Å². The topological polar surface area (TPSA) is 52.3 Å². The Morgan fingerprint density at radius 3 is 2.38 bits per heavy atom. The predicted octanol–water partition coefficient (Wildman–Crippen LogP) is 1.02. The van der Waals surface area contributed by atoms with E-state index in [0.29, 0.717) is 11.7 Å². The first kappa shape index (κ1) is 7.94. The van der Waals surface area contributed by atoms with E-state index in [1.165, 1.54) is 0 Å². The van der Waals surface area contributed by atoms with Gasteiger partial charge in [0, 0.05) is 11.8 Å². The third-order valence-electron chi connectivity index (χ3n) is 4.19. The first-order chi connectivity index (χ1) is 6.22. The fraction of sp³-hybridized carbons (Fsp3) is 0.900. The fourth-order valence-electron chi connectivity index (χ4n) is 3.82. The molecule has 72 valence electrons. The first-order valence-electron chi connectivity index (χ1n) is 5.14. The Kier molecular flexibility index (Phi) is 1.43. The van der Waals surface area contributed by atoms with Crippen molar-refractivity contribution in [2.75, 3.05) is 0 Å². The van der Waals surface area contributed by atoms with Crippen molar-refractivity contribution < 1.29 is 9.63 Å². The molecule has 0 saturated heterocycles. The van der Waals surface area contributed by atoms with Crippen LogP contribution in [0.4, 0.5) is 0 Å². The second kappa shape index (κ2) is 2.34. The third-order valence-corrected chi connectivity index (χ3v) is 4.19. The number of hydrogen-bond acceptors (Lipinski definition) is 3. The molecule has 2 atom stereocenters. The lowest BCUT2D eigenvalue weighted by Crippen LogP contribution is -2.57. The maximum Gasteiger partial charge on any atom is 0.139 e. The minimum absolute atomic E-state index is 0.121. The largest absolute Gasteiger partial charge is 0.299 e. The van der Waals surface area contributed by atoms with Crippen molar-refractivity contribution >= 4 is 5.78 Å². The molecule has 0 spiro atoms. The average Bonchev–Trinajstić information content (AvgIpc) is 2.13. The highest BCUT2D eigenvalue weighted by Gasteiger charge is 2.55. The van der Waals surface area contributed by atoms with Crippen LogP contribution in [0, 0.1) is 17.8 Å². The summed E-state index contributed by atoms with van der Waals surface area (Å²) in [5.74, 6) is 7.10. The Bertz CT molecular complexity index is 246. The van der Waals surface area contributed by atoms with Crippen molar-refractivity contribution in [3.63, 3.8) is 0 Å². The number of rotatable bonds is 1. The maximum atomic E-state index is 11.7. The van der Waals surface area contributed by atoms with Gasteiger partial charge in [0.05, 0.1) is 5.60 Å². The van der Waals surface area contributed by atoms with Crippen LogP contribution in [0.3, 0.4) is 0 Å². The number of carbonyl (C=O) groups is 1. The van der Waals surface area contributed by atoms with Crippen LogP contribution in [0.2, 0.25) is 0 Å². The van der Waals surface area contributed by atoms with E-state index in [2.05, 4.69) is 0 Å². The van der Waals surface area contributed by atoms with Gasteiger partial charge in [-0.2, -0.15) is 0 Å². The Morgan fingerprint density at radius 1 is 1.23 bits per heavy atom. The molecule has 13 heavy (non-hydrogen) atoms. The zero-order valence-electron chi connectivity index (χ0n) is 7.66. The molecule has 3 nitrogen and oxygen atoms in total. The molecule has 0 aromatic carbocycles. The molecule has 0 aromatic rings. The summed E-state index contributed by atoms with van der Waals surface area (Å²) in [5.41, 5.74) is -0.121. The highest BCUT2D eigenvalue weighted by atomic mass is 16.6. The van der Waals surface area contributed by atoms with Gasteiger partial charge in [-0.1, -0.05) is 0 Å². The standard InChI is InChI=1S/C10H15NO2/c11-13-10-3-6-1-7(4-10)9(12)8(2-6)5-10/h6-8H,1-5,11H2. The molecule has 4 saturated carbocycles. The third kappa shape index (κ3) is 0.945. The zero-order valence-corrected chi connectivity index (χ0v) is 7.66. The van der Waals surface area contributed by atoms with E-state index in [-0.39, 0.29) is 17.4 Å². The molecule has 0 aromatic heterocycles. The van der Waals surface area contributed by atoms with E-state index < -0.39 is 0 Å². The number of carbonyl (C=O) groups excluding carboxylic acids is 1. The minimum atomic E-state index is -0.121. The average molecular weight is 181 g/mol. The molecular weight excluding hydrogens is 166 g/mol. The summed E-state index contributed by atoms with van der Waals surface area (Å²) in [6, 6.07) is 0. The van der Waals surface area contributed by atoms with Gasteiger partial charge < -0.3 is 0 Å². The van der Waals surface area contributed by atoms with E-state index in [1.807, 2.05) is 0 Å². The summed E-state index contributed by atoms with van der Waals surface area (Å²) in [5, 5.41) is 0. The van der Waals surface area contributed by atoms with Crippen molar-refractivity contribution in [2.45, 2.75) is 37.7 Å². The molecule has 4 bridgehead atoms. The SMILES string of the molecule is NOC12CC3CC(C1)C(=O)C(C3)C2. The highest BCUT2D eigenvalue weighted by molar-refractivity contribution is 5.85. The van der Waals surface area contributed by atoms with E-state index in [1.54, 1.807) is 0 Å². The second-order valence-electron chi connectivity index (χ2n) is 5.05. The summed E-state index contributed by atoms with van der Waals surface area (Å²) < 4.78 is 0. The van der Waals surface area contributed by atoms with E-state index in [9.17, 15) is 4.79 Å². The molecule has 4 rings (SSSR count). The molecule has 3 heteroatoms. The first-order valence-corrected chi connectivity index (χ1v) is 5.14. The molecule has 0 radical (unpaired) electrons. The van der Waals surface area contributed by atoms with Gasteiger partial charge in [0.1, 0.15) is 5.78 Å². The van der Waals surface area contributed by atoms with Gasteiger partial charge in [-0.3, -0.25) is 9.63 Å². The number of nitrogens with two attached hydrogens (primary N) is 1. The molecule has 4 fully saturated rings. The Hall–Kier alpha value is -0.410. The maximum absolute atomic E-state index is 11.7. The summed E-state index contributed by atoms with van der Waals surface area (Å²) >= 11 is 0. The van der Waals surface area contributed by atoms with Gasteiger partial charge in [0.15, 0.2) is 0 Å². The summed E-state index contributed by atoms with van der Waals surface area (Å²) in [6.45, 7) is 0. The molecule has 0 aliphatic heterocycles. The van der Waals surface area contributed by atoms with Gasteiger partial charge in [0.2, 0.25) is 0 Å². The van der Waals surface area contributed by atoms with Gasteiger partial charge in [-0.25, -0.2) is 5.90 Å². The highest BCUT2D eigenvalue weighted by Crippen LogP contribution is 2.54. The van der Waals surface area contributed by atoms with Crippen LogP contribution in [0.5, 0.6) is 0 Å². The van der Waals surface area contributed by atoms with Crippen molar-refractivity contribution in [1.29, 1.82) is 0 Å². The van der Waals surface area contributed by atoms with Crippen LogP contribution in [0.1, 0.15) is 32.1 Å². The van der Waals surface area contributed by atoms with E-state index in [0.717, 1.165) is 32.1 Å². The Balaban J connectivity index is 1.96. The zero-order chi connectivity index (χ0) is 9.05. The summed E-state index contributed by atoms with van der Waals surface area (Å²) in [4.78, 5) is 16.9. The molecule has 2 N–H and O–H groups in total. The van der Waals surface area contributed by atoms with Crippen LogP contribution in [0.15, 0.2) is 0 Å². The van der Waals surface area contributed by atoms with Crippen LogP contribution in [-0.2, 0) is 9.63 Å². The quantitative estimate of drug-likeness (QED) is 0.614. The Labute approximate surface area is 77.6 Å². The molecule has 4 aliphatic rings. The lowest BCUT2D eigenvalue weighted by atomic mass is 9.54. The number of hydrogen-bond donors (Lipinski definition) is 1. The summed E-state index contributed by atoms with van der Waals surface area (Å²) in [6.07, 6.45) is 5.05. The van der Waals surface area contributed by atoms with Crippen molar-refractivity contribution in [3.05, 3.63) is 0 Å². The smallest absolute Gasteiger partial charge is 0.139 e. The fourth-order valence-corrected chi connectivity index (χ4v) is 3.82. The van der Waals surface area contributed by atoms with E-state index >= 15 is 0 Å². The molecular formula is C10H15NO2. The molecule has 0 amide bonds. The normalized spacial score (nSPS) is 53.0. The van der Waals surface area contributed by atoms with E-state index in [4.69, 9.17) is 10.7 Å². The minimum Gasteiger partial charge on any atom is -0.299 e. The van der Waals surface area contributed by atoms with Crippen molar-refractivity contribution in [2.24, 2.45) is 23.7 Å². The van der Waals surface area contributed by atoms with Gasteiger partial charge in [-0.15, -0.1) is 0 Å². The van der Waals surface area contributed by atoms with Gasteiger partial charge in [-0.05, 0) is 38.0 Å². The number of ketones is 1. The molecule has 4 aliphatic carbocycles.